The number of aryl methyl sites for hydroxylation is 2. The molecule has 0 radical (unpaired) electrons. The fraction of sp³-hybridized carbons (Fsp3) is 0.158. The van der Waals surface area contributed by atoms with Crippen LogP contribution < -0.4 is 0 Å². The van der Waals surface area contributed by atoms with Crippen molar-refractivity contribution in [1.29, 1.82) is 0 Å². The van der Waals surface area contributed by atoms with E-state index in [-0.39, 0.29) is 12.3 Å². The average molecular weight is 334 g/mol. The number of hydrogen-bond donors (Lipinski definition) is 0. The minimum atomic E-state index is -0.486. The first-order chi connectivity index (χ1) is 12.1. The Labute approximate surface area is 145 Å². The Kier molecular flexibility index (Phi) is 4.99. The molecule has 0 saturated carbocycles. The summed E-state index contributed by atoms with van der Waals surface area (Å²) in [5.74, 6) is 0.0225. The first-order valence-corrected chi connectivity index (χ1v) is 7.88. The maximum Gasteiger partial charge on any atom is 0.357 e. The van der Waals surface area contributed by atoms with Crippen LogP contribution in [-0.4, -0.2) is 26.2 Å². The van der Waals surface area contributed by atoms with Crippen LogP contribution in [0.3, 0.4) is 0 Å². The number of rotatable bonds is 5. The molecule has 1 heterocycles. The first kappa shape index (κ1) is 16.6. The number of hydrogen-bond acceptors (Lipinski definition) is 5. The van der Waals surface area contributed by atoms with Crippen LogP contribution in [-0.2, 0) is 16.1 Å². The van der Waals surface area contributed by atoms with Gasteiger partial charge in [0, 0.05) is 0 Å². The summed E-state index contributed by atoms with van der Waals surface area (Å²) in [7, 11) is 0. The van der Waals surface area contributed by atoms with Gasteiger partial charge < -0.3 is 4.74 Å². The van der Waals surface area contributed by atoms with Crippen LogP contribution in [0.2, 0.25) is 0 Å². The third kappa shape index (κ3) is 4.17. The molecule has 25 heavy (non-hydrogen) atoms. The molecule has 0 unspecified atom stereocenters. The number of ether oxygens (including phenoxy) is 1. The van der Waals surface area contributed by atoms with Gasteiger partial charge in [0.2, 0.25) is 0 Å². The normalized spacial score (nSPS) is 11.4. The van der Waals surface area contributed by atoms with Crippen molar-refractivity contribution in [2.24, 2.45) is 0 Å². The average Bonchev–Trinajstić information content (AvgIpc) is 3.05. The van der Waals surface area contributed by atoms with Gasteiger partial charge in [-0.1, -0.05) is 60.2 Å². The van der Waals surface area contributed by atoms with E-state index in [4.69, 9.17) is 4.74 Å². The molecular formula is C19H18N4O2. The number of carbonyl (C=O) groups is 1. The standard InChI is InChI=1S/C19H18N4O2/c1-14-8-10-17(11-9-14)13-25-19(24)18(23-15(2)20-21-22-23)12-16-6-4-3-5-7-16/h3-12H,13H2,1-2H3/b18-12-. The van der Waals surface area contributed by atoms with Gasteiger partial charge in [-0.3, -0.25) is 0 Å². The summed E-state index contributed by atoms with van der Waals surface area (Å²) < 4.78 is 6.84. The van der Waals surface area contributed by atoms with E-state index in [0.29, 0.717) is 5.82 Å². The van der Waals surface area contributed by atoms with Crippen LogP contribution in [0.4, 0.5) is 0 Å². The summed E-state index contributed by atoms with van der Waals surface area (Å²) >= 11 is 0. The molecule has 0 spiro atoms. The smallest absolute Gasteiger partial charge is 0.357 e. The summed E-state index contributed by atoms with van der Waals surface area (Å²) in [5.41, 5.74) is 3.20. The maximum atomic E-state index is 12.6. The van der Waals surface area contributed by atoms with Gasteiger partial charge in [-0.15, -0.1) is 5.10 Å². The Balaban J connectivity index is 1.84. The molecule has 3 aromatic rings. The number of carbonyl (C=O) groups excluding carboxylic acids is 1. The SMILES string of the molecule is Cc1ccc(COC(=O)/C(=C/c2ccccc2)n2nnnc2C)cc1. The first-order valence-electron chi connectivity index (χ1n) is 7.88. The van der Waals surface area contributed by atoms with Gasteiger partial charge >= 0.3 is 5.97 Å². The minimum absolute atomic E-state index is 0.187. The van der Waals surface area contributed by atoms with E-state index in [2.05, 4.69) is 15.5 Å². The van der Waals surface area contributed by atoms with Gasteiger partial charge in [-0.25, -0.2) is 4.79 Å². The fourth-order valence-electron chi connectivity index (χ4n) is 2.28. The lowest BCUT2D eigenvalue weighted by atomic mass is 10.2. The van der Waals surface area contributed by atoms with Gasteiger partial charge in [0.15, 0.2) is 11.5 Å². The second-order valence-electron chi connectivity index (χ2n) is 5.64. The molecule has 1 aromatic heterocycles. The van der Waals surface area contributed by atoms with Gasteiger partial charge in [0.1, 0.15) is 6.61 Å². The lowest BCUT2D eigenvalue weighted by Crippen LogP contribution is -2.15. The van der Waals surface area contributed by atoms with E-state index in [9.17, 15) is 4.79 Å². The molecule has 2 aromatic carbocycles. The Morgan fingerprint density at radius 2 is 1.80 bits per heavy atom. The van der Waals surface area contributed by atoms with Crippen molar-refractivity contribution in [2.75, 3.05) is 0 Å². The van der Waals surface area contributed by atoms with E-state index in [0.717, 1.165) is 16.7 Å². The van der Waals surface area contributed by atoms with Crippen molar-refractivity contribution < 1.29 is 9.53 Å². The van der Waals surface area contributed by atoms with Crippen LogP contribution in [0, 0.1) is 13.8 Å². The zero-order valence-corrected chi connectivity index (χ0v) is 14.1. The summed E-state index contributed by atoms with van der Waals surface area (Å²) in [4.78, 5) is 12.6. The van der Waals surface area contributed by atoms with E-state index in [1.54, 1.807) is 13.0 Å². The van der Waals surface area contributed by atoms with E-state index in [1.807, 2.05) is 61.5 Å². The zero-order valence-electron chi connectivity index (χ0n) is 14.1. The Hall–Kier alpha value is -3.28. The highest BCUT2D eigenvalue weighted by Crippen LogP contribution is 2.15. The molecule has 0 aliphatic heterocycles. The second-order valence-corrected chi connectivity index (χ2v) is 5.64. The van der Waals surface area contributed by atoms with Crippen molar-refractivity contribution in [1.82, 2.24) is 20.2 Å². The predicted octanol–water partition coefficient (Wildman–Crippen LogP) is 3.03. The Bertz CT molecular complexity index is 883. The number of esters is 1. The highest BCUT2D eigenvalue weighted by molar-refractivity contribution is 6.15. The molecule has 0 N–H and O–H groups in total. The number of benzene rings is 2. The largest absolute Gasteiger partial charge is 0.456 e. The molecule has 0 saturated heterocycles. The van der Waals surface area contributed by atoms with E-state index >= 15 is 0 Å². The van der Waals surface area contributed by atoms with Crippen LogP contribution in [0.1, 0.15) is 22.5 Å². The van der Waals surface area contributed by atoms with Crippen molar-refractivity contribution >= 4 is 17.7 Å². The lowest BCUT2D eigenvalue weighted by Gasteiger charge is -2.09. The van der Waals surface area contributed by atoms with Gasteiger partial charge in [0.25, 0.3) is 0 Å². The van der Waals surface area contributed by atoms with Crippen LogP contribution in [0.25, 0.3) is 11.8 Å². The zero-order chi connectivity index (χ0) is 17.6. The van der Waals surface area contributed by atoms with Crippen LogP contribution in [0.5, 0.6) is 0 Å². The third-order valence-electron chi connectivity index (χ3n) is 3.66. The summed E-state index contributed by atoms with van der Waals surface area (Å²) in [6, 6.07) is 17.3. The van der Waals surface area contributed by atoms with E-state index < -0.39 is 5.97 Å². The molecule has 0 atom stereocenters. The summed E-state index contributed by atoms with van der Waals surface area (Å²) in [5, 5.41) is 11.3. The fourth-order valence-corrected chi connectivity index (χ4v) is 2.28. The van der Waals surface area contributed by atoms with Crippen molar-refractivity contribution in [3.05, 3.63) is 77.1 Å². The second kappa shape index (κ2) is 7.53. The highest BCUT2D eigenvalue weighted by atomic mass is 16.5. The molecule has 0 aliphatic carbocycles. The molecule has 3 rings (SSSR count). The van der Waals surface area contributed by atoms with Gasteiger partial charge in [0.05, 0.1) is 0 Å². The topological polar surface area (TPSA) is 69.9 Å². The third-order valence-corrected chi connectivity index (χ3v) is 3.66. The lowest BCUT2D eigenvalue weighted by molar-refractivity contribution is -0.138. The minimum Gasteiger partial charge on any atom is -0.456 e. The highest BCUT2D eigenvalue weighted by Gasteiger charge is 2.17. The van der Waals surface area contributed by atoms with Crippen molar-refractivity contribution in [3.63, 3.8) is 0 Å². The molecule has 0 amide bonds. The molecule has 0 fully saturated rings. The molecule has 0 bridgehead atoms. The van der Waals surface area contributed by atoms with E-state index in [1.165, 1.54) is 4.68 Å². The number of nitrogens with zero attached hydrogens (tertiary/aromatic N) is 4. The Morgan fingerprint density at radius 3 is 2.44 bits per heavy atom. The van der Waals surface area contributed by atoms with Gasteiger partial charge in [-0.05, 0) is 41.5 Å². The Morgan fingerprint density at radius 1 is 1.08 bits per heavy atom. The van der Waals surface area contributed by atoms with Crippen molar-refractivity contribution in [3.8, 4) is 0 Å². The maximum absolute atomic E-state index is 12.6. The molecule has 0 aliphatic rings. The van der Waals surface area contributed by atoms with Gasteiger partial charge in [-0.2, -0.15) is 4.68 Å². The summed E-state index contributed by atoms with van der Waals surface area (Å²) in [6.07, 6.45) is 1.71. The number of tetrazole rings is 1. The van der Waals surface area contributed by atoms with Crippen LogP contribution in [0.15, 0.2) is 54.6 Å². The molecular weight excluding hydrogens is 316 g/mol. The monoisotopic (exact) mass is 334 g/mol. The predicted molar refractivity (Wildman–Crippen MR) is 94.1 cm³/mol. The molecule has 6 nitrogen and oxygen atoms in total. The molecule has 6 heteroatoms. The van der Waals surface area contributed by atoms with Crippen LogP contribution >= 0.6 is 0 Å². The quantitative estimate of drug-likeness (QED) is 0.530. The van der Waals surface area contributed by atoms with Crippen molar-refractivity contribution in [2.45, 2.75) is 20.5 Å². The number of aromatic nitrogens is 4. The molecule has 126 valence electrons. The summed E-state index contributed by atoms with van der Waals surface area (Å²) in [6.45, 7) is 3.93.